The van der Waals surface area contributed by atoms with Gasteiger partial charge in [-0.05, 0) is 31.0 Å². The fourth-order valence-corrected chi connectivity index (χ4v) is 2.71. The number of ether oxygens (including phenoxy) is 2. The van der Waals surface area contributed by atoms with Crippen molar-refractivity contribution in [2.45, 2.75) is 25.2 Å². The molecule has 1 aliphatic rings. The molecule has 0 spiro atoms. The molecular formula is C19H22N4O4. The van der Waals surface area contributed by atoms with Gasteiger partial charge in [-0.25, -0.2) is 14.6 Å². The van der Waals surface area contributed by atoms with E-state index in [2.05, 4.69) is 9.98 Å². The lowest BCUT2D eigenvalue weighted by atomic mass is 10.2. The van der Waals surface area contributed by atoms with E-state index in [-0.39, 0.29) is 18.7 Å². The number of hydrogen-bond donors (Lipinski definition) is 0. The maximum Gasteiger partial charge on any atom is 0.351 e. The van der Waals surface area contributed by atoms with Crippen LogP contribution in [0.15, 0.2) is 52.4 Å². The van der Waals surface area contributed by atoms with Crippen LogP contribution in [-0.2, 0) is 9.47 Å². The van der Waals surface area contributed by atoms with Gasteiger partial charge < -0.3 is 14.4 Å². The summed E-state index contributed by atoms with van der Waals surface area (Å²) in [4.78, 5) is 34.0. The van der Waals surface area contributed by atoms with Crippen molar-refractivity contribution in [3.05, 3.63) is 58.6 Å². The van der Waals surface area contributed by atoms with Crippen molar-refractivity contribution in [3.63, 3.8) is 0 Å². The van der Waals surface area contributed by atoms with E-state index in [1.807, 2.05) is 20.2 Å². The quantitative estimate of drug-likeness (QED) is 0.439. The summed E-state index contributed by atoms with van der Waals surface area (Å²) in [5.41, 5.74) is 0.0803. The predicted molar refractivity (Wildman–Crippen MR) is 100 cm³/mol. The summed E-state index contributed by atoms with van der Waals surface area (Å²) in [6, 6.07) is 10.5. The molecule has 1 fully saturated rings. The van der Waals surface area contributed by atoms with E-state index in [0.717, 1.165) is 0 Å². The second-order valence-electron chi connectivity index (χ2n) is 6.44. The lowest BCUT2D eigenvalue weighted by Crippen LogP contribution is -2.27. The first-order valence-electron chi connectivity index (χ1n) is 8.70. The Morgan fingerprint density at radius 2 is 2.11 bits per heavy atom. The summed E-state index contributed by atoms with van der Waals surface area (Å²) in [5, 5.41) is 0. The molecule has 2 heterocycles. The molecule has 2 aromatic rings. The number of carbonyl (C=O) groups is 1. The van der Waals surface area contributed by atoms with Gasteiger partial charge in [-0.1, -0.05) is 18.2 Å². The zero-order valence-corrected chi connectivity index (χ0v) is 15.3. The van der Waals surface area contributed by atoms with Crippen LogP contribution in [0, 0.1) is 0 Å². The molecule has 0 aliphatic carbocycles. The summed E-state index contributed by atoms with van der Waals surface area (Å²) < 4.78 is 12.6. The van der Waals surface area contributed by atoms with Crippen LogP contribution in [-0.4, -0.2) is 53.6 Å². The fourth-order valence-electron chi connectivity index (χ4n) is 2.71. The van der Waals surface area contributed by atoms with Gasteiger partial charge in [-0.3, -0.25) is 4.57 Å². The molecule has 8 nitrogen and oxygen atoms in total. The SMILES string of the molecule is CN(C)/C=N/c1ccn([C@H]2CC[C@@H](COC(=O)c3ccccc3)O2)c(=O)n1. The van der Waals surface area contributed by atoms with Gasteiger partial charge in [0.1, 0.15) is 12.8 Å². The molecule has 1 saturated heterocycles. The van der Waals surface area contributed by atoms with Crippen molar-refractivity contribution in [1.29, 1.82) is 0 Å². The lowest BCUT2D eigenvalue weighted by molar-refractivity contribution is -0.0339. The smallest absolute Gasteiger partial charge is 0.351 e. The lowest BCUT2D eigenvalue weighted by Gasteiger charge is -2.15. The number of nitrogens with zero attached hydrogens (tertiary/aromatic N) is 4. The van der Waals surface area contributed by atoms with Crippen LogP contribution in [0.2, 0.25) is 0 Å². The van der Waals surface area contributed by atoms with Gasteiger partial charge in [-0.2, -0.15) is 4.98 Å². The van der Waals surface area contributed by atoms with Crippen molar-refractivity contribution < 1.29 is 14.3 Å². The van der Waals surface area contributed by atoms with E-state index in [1.54, 1.807) is 47.8 Å². The second-order valence-corrected chi connectivity index (χ2v) is 6.44. The van der Waals surface area contributed by atoms with Crippen molar-refractivity contribution >= 4 is 18.1 Å². The third-order valence-corrected chi connectivity index (χ3v) is 4.04. The molecule has 0 unspecified atom stereocenters. The van der Waals surface area contributed by atoms with Crippen LogP contribution >= 0.6 is 0 Å². The fraction of sp³-hybridized carbons (Fsp3) is 0.368. The number of hydrogen-bond acceptors (Lipinski definition) is 6. The number of benzene rings is 1. The van der Waals surface area contributed by atoms with Gasteiger partial charge in [0.25, 0.3) is 0 Å². The number of aliphatic imine (C=N–C) groups is 1. The van der Waals surface area contributed by atoms with Crippen LogP contribution in [0.5, 0.6) is 0 Å². The third kappa shape index (κ3) is 5.01. The molecule has 8 heteroatoms. The summed E-state index contributed by atoms with van der Waals surface area (Å²) in [5.74, 6) is -0.0409. The Labute approximate surface area is 157 Å². The van der Waals surface area contributed by atoms with Gasteiger partial charge in [0.15, 0.2) is 5.82 Å². The highest BCUT2D eigenvalue weighted by atomic mass is 16.6. The topological polar surface area (TPSA) is 86.0 Å². The molecule has 1 aromatic carbocycles. The van der Waals surface area contributed by atoms with Crippen LogP contribution in [0.1, 0.15) is 29.4 Å². The Morgan fingerprint density at radius 1 is 1.33 bits per heavy atom. The first-order valence-corrected chi connectivity index (χ1v) is 8.70. The minimum absolute atomic E-state index is 0.150. The molecule has 142 valence electrons. The van der Waals surface area contributed by atoms with E-state index in [9.17, 15) is 9.59 Å². The maximum absolute atomic E-state index is 12.2. The zero-order chi connectivity index (χ0) is 19.2. The van der Waals surface area contributed by atoms with Gasteiger partial charge in [0.2, 0.25) is 0 Å². The predicted octanol–water partition coefficient (Wildman–Crippen LogP) is 2.00. The van der Waals surface area contributed by atoms with Crippen LogP contribution in [0.25, 0.3) is 0 Å². The number of esters is 1. The van der Waals surface area contributed by atoms with E-state index >= 15 is 0 Å². The number of carbonyl (C=O) groups excluding carboxylic acids is 1. The van der Waals surface area contributed by atoms with E-state index in [4.69, 9.17) is 9.47 Å². The van der Waals surface area contributed by atoms with Crippen LogP contribution in [0.3, 0.4) is 0 Å². The van der Waals surface area contributed by atoms with Gasteiger partial charge in [-0.15, -0.1) is 0 Å². The summed E-state index contributed by atoms with van der Waals surface area (Å²) >= 11 is 0. The van der Waals surface area contributed by atoms with E-state index < -0.39 is 11.9 Å². The molecule has 0 N–H and O–H groups in total. The van der Waals surface area contributed by atoms with Gasteiger partial charge in [0, 0.05) is 20.3 Å². The van der Waals surface area contributed by atoms with E-state index in [1.165, 1.54) is 4.57 Å². The Morgan fingerprint density at radius 3 is 2.81 bits per heavy atom. The van der Waals surface area contributed by atoms with Crippen molar-refractivity contribution in [1.82, 2.24) is 14.5 Å². The highest BCUT2D eigenvalue weighted by Crippen LogP contribution is 2.27. The average Bonchev–Trinajstić information content (AvgIpc) is 3.14. The Balaban J connectivity index is 1.56. The standard InChI is InChI=1S/C19H22N4O4/c1-22(2)13-20-16-10-11-23(19(25)21-16)17-9-8-15(27-17)12-26-18(24)14-6-4-3-5-7-14/h3-7,10-11,13,15,17H,8-9,12H2,1-2H3/b20-13+/t15-,17+/m0/s1. The molecule has 1 aromatic heterocycles. The highest BCUT2D eigenvalue weighted by Gasteiger charge is 2.28. The molecule has 2 atom stereocenters. The minimum atomic E-state index is -0.421. The van der Waals surface area contributed by atoms with Gasteiger partial charge >= 0.3 is 11.7 Å². The molecule has 0 radical (unpaired) electrons. The number of aromatic nitrogens is 2. The normalized spacial score (nSPS) is 19.3. The molecule has 3 rings (SSSR count). The molecule has 27 heavy (non-hydrogen) atoms. The molecule has 0 amide bonds. The maximum atomic E-state index is 12.2. The number of rotatable bonds is 6. The van der Waals surface area contributed by atoms with Gasteiger partial charge in [0.05, 0.1) is 18.0 Å². The molecule has 0 saturated carbocycles. The molecule has 1 aliphatic heterocycles. The monoisotopic (exact) mass is 370 g/mol. The third-order valence-electron chi connectivity index (χ3n) is 4.04. The first kappa shape index (κ1) is 18.8. The average molecular weight is 370 g/mol. The molecular weight excluding hydrogens is 348 g/mol. The first-order chi connectivity index (χ1) is 13.0. The Bertz CT molecular complexity index is 864. The second kappa shape index (κ2) is 8.59. The van der Waals surface area contributed by atoms with Crippen molar-refractivity contribution in [2.75, 3.05) is 20.7 Å². The largest absolute Gasteiger partial charge is 0.459 e. The van der Waals surface area contributed by atoms with E-state index in [0.29, 0.717) is 24.2 Å². The summed E-state index contributed by atoms with van der Waals surface area (Å²) in [6.45, 7) is 0.150. The highest BCUT2D eigenvalue weighted by molar-refractivity contribution is 5.89. The zero-order valence-electron chi connectivity index (χ0n) is 15.3. The van der Waals surface area contributed by atoms with Crippen LogP contribution in [0.4, 0.5) is 5.82 Å². The summed E-state index contributed by atoms with van der Waals surface area (Å²) in [6.07, 6.45) is 3.88. The molecule has 0 bridgehead atoms. The van der Waals surface area contributed by atoms with Crippen molar-refractivity contribution in [3.8, 4) is 0 Å². The Kier molecular flexibility index (Phi) is 5.97. The van der Waals surface area contributed by atoms with Crippen LogP contribution < -0.4 is 5.69 Å². The Hall–Kier alpha value is -3.00. The summed E-state index contributed by atoms with van der Waals surface area (Å²) in [7, 11) is 3.67. The van der Waals surface area contributed by atoms with Crippen molar-refractivity contribution in [2.24, 2.45) is 4.99 Å². The minimum Gasteiger partial charge on any atom is -0.459 e.